The van der Waals surface area contributed by atoms with Gasteiger partial charge in [0.1, 0.15) is 0 Å². The van der Waals surface area contributed by atoms with Gasteiger partial charge in [-0.05, 0) is 12.0 Å². The number of hydrogen-bond donors (Lipinski definition) is 1. The zero-order valence-electron chi connectivity index (χ0n) is 8.72. The van der Waals surface area contributed by atoms with Crippen molar-refractivity contribution in [1.82, 2.24) is 10.4 Å². The predicted octanol–water partition coefficient (Wildman–Crippen LogP) is 0.696. The Bertz CT molecular complexity index is 444. The summed E-state index contributed by atoms with van der Waals surface area (Å²) in [5.74, 6) is -0.0778. The SMILES string of the molecule is O=C1NN(Cc2ccccc2)C(=O)C2CC12. The molecule has 0 aromatic heterocycles. The van der Waals surface area contributed by atoms with Gasteiger partial charge in [-0.1, -0.05) is 30.3 Å². The molecule has 1 aliphatic heterocycles. The molecule has 1 N–H and O–H groups in total. The molecule has 2 fully saturated rings. The molecule has 1 aromatic carbocycles. The van der Waals surface area contributed by atoms with Crippen molar-refractivity contribution in [2.45, 2.75) is 13.0 Å². The van der Waals surface area contributed by atoms with Crippen LogP contribution in [0.15, 0.2) is 30.3 Å². The third kappa shape index (κ3) is 1.46. The van der Waals surface area contributed by atoms with Gasteiger partial charge in [-0.2, -0.15) is 0 Å². The second kappa shape index (κ2) is 3.33. The fraction of sp³-hybridized carbons (Fsp3) is 0.333. The number of nitrogens with one attached hydrogen (secondary N) is 1. The van der Waals surface area contributed by atoms with E-state index in [4.69, 9.17) is 0 Å². The molecule has 1 aromatic rings. The van der Waals surface area contributed by atoms with Gasteiger partial charge in [0.25, 0.3) is 0 Å². The molecule has 1 saturated heterocycles. The summed E-state index contributed by atoms with van der Waals surface area (Å²) >= 11 is 0. The van der Waals surface area contributed by atoms with Crippen LogP contribution in [0.25, 0.3) is 0 Å². The van der Waals surface area contributed by atoms with E-state index in [-0.39, 0.29) is 23.7 Å². The van der Waals surface area contributed by atoms with E-state index in [9.17, 15) is 9.59 Å². The van der Waals surface area contributed by atoms with E-state index >= 15 is 0 Å². The molecule has 0 bridgehead atoms. The van der Waals surface area contributed by atoms with Gasteiger partial charge in [0.05, 0.1) is 18.4 Å². The first kappa shape index (κ1) is 9.39. The Morgan fingerprint density at radius 3 is 2.69 bits per heavy atom. The standard InChI is InChI=1S/C12H12N2O2/c15-11-9-6-10(9)12(16)14(13-11)7-8-4-2-1-3-5-8/h1-5,9-10H,6-7H2,(H,13,15). The molecular formula is C12H12N2O2. The van der Waals surface area contributed by atoms with Crippen LogP contribution in [0.4, 0.5) is 0 Å². The van der Waals surface area contributed by atoms with Crippen molar-refractivity contribution in [1.29, 1.82) is 0 Å². The minimum absolute atomic E-state index is 0.0134. The molecule has 2 aliphatic rings. The van der Waals surface area contributed by atoms with Gasteiger partial charge in [-0.3, -0.25) is 15.0 Å². The fourth-order valence-corrected chi connectivity index (χ4v) is 2.11. The largest absolute Gasteiger partial charge is 0.273 e. The molecule has 0 spiro atoms. The van der Waals surface area contributed by atoms with E-state index < -0.39 is 0 Å². The summed E-state index contributed by atoms with van der Waals surface area (Å²) in [7, 11) is 0. The van der Waals surface area contributed by atoms with Crippen LogP contribution in [0, 0.1) is 11.8 Å². The van der Waals surface area contributed by atoms with E-state index in [1.54, 1.807) is 0 Å². The lowest BCUT2D eigenvalue weighted by atomic mass is 10.2. The molecule has 2 amide bonds. The number of amides is 2. The van der Waals surface area contributed by atoms with Crippen LogP contribution in [-0.4, -0.2) is 16.8 Å². The maximum absolute atomic E-state index is 11.8. The highest BCUT2D eigenvalue weighted by Gasteiger charge is 2.53. The second-order valence-electron chi connectivity index (χ2n) is 4.33. The van der Waals surface area contributed by atoms with Gasteiger partial charge in [-0.15, -0.1) is 0 Å². The normalized spacial score (nSPS) is 27.4. The lowest BCUT2D eigenvalue weighted by Gasteiger charge is -2.26. The topological polar surface area (TPSA) is 49.4 Å². The van der Waals surface area contributed by atoms with Crippen LogP contribution in [-0.2, 0) is 16.1 Å². The number of nitrogens with zero attached hydrogens (tertiary/aromatic N) is 1. The first-order chi connectivity index (χ1) is 7.75. The highest BCUT2D eigenvalue weighted by molar-refractivity contribution is 5.97. The molecule has 3 rings (SSSR count). The van der Waals surface area contributed by atoms with Gasteiger partial charge >= 0.3 is 0 Å². The molecule has 82 valence electrons. The second-order valence-corrected chi connectivity index (χ2v) is 4.33. The predicted molar refractivity (Wildman–Crippen MR) is 56.7 cm³/mol. The third-order valence-electron chi connectivity index (χ3n) is 3.14. The molecule has 1 aliphatic carbocycles. The number of carbonyl (C=O) groups excluding carboxylic acids is 2. The monoisotopic (exact) mass is 216 g/mol. The number of hydrogen-bond acceptors (Lipinski definition) is 2. The van der Waals surface area contributed by atoms with E-state index in [2.05, 4.69) is 5.43 Å². The summed E-state index contributed by atoms with van der Waals surface area (Å²) in [6, 6.07) is 9.66. The first-order valence-corrected chi connectivity index (χ1v) is 5.41. The highest BCUT2D eigenvalue weighted by Crippen LogP contribution is 2.42. The first-order valence-electron chi connectivity index (χ1n) is 5.41. The number of rotatable bonds is 2. The number of fused-ring (bicyclic) bond motifs is 1. The average molecular weight is 216 g/mol. The van der Waals surface area contributed by atoms with E-state index in [1.165, 1.54) is 5.01 Å². The van der Waals surface area contributed by atoms with E-state index in [0.717, 1.165) is 12.0 Å². The third-order valence-corrected chi connectivity index (χ3v) is 3.14. The molecular weight excluding hydrogens is 204 g/mol. The Morgan fingerprint density at radius 1 is 1.19 bits per heavy atom. The van der Waals surface area contributed by atoms with Gasteiger partial charge in [0.2, 0.25) is 11.8 Å². The molecule has 4 heteroatoms. The summed E-state index contributed by atoms with van der Waals surface area (Å²) in [6.45, 7) is 0.453. The zero-order valence-corrected chi connectivity index (χ0v) is 8.72. The lowest BCUT2D eigenvalue weighted by molar-refractivity contribution is -0.148. The Kier molecular flexibility index (Phi) is 1.96. The minimum Gasteiger partial charge on any atom is -0.273 e. The molecule has 16 heavy (non-hydrogen) atoms. The fourth-order valence-electron chi connectivity index (χ4n) is 2.11. The Morgan fingerprint density at radius 2 is 1.94 bits per heavy atom. The van der Waals surface area contributed by atoms with Crippen molar-refractivity contribution >= 4 is 11.8 Å². The van der Waals surface area contributed by atoms with Gasteiger partial charge in [-0.25, -0.2) is 5.01 Å². The van der Waals surface area contributed by atoms with Crippen LogP contribution < -0.4 is 5.43 Å². The van der Waals surface area contributed by atoms with Crippen LogP contribution in [0.2, 0.25) is 0 Å². The molecule has 1 heterocycles. The quantitative estimate of drug-likeness (QED) is 0.791. The summed E-state index contributed by atoms with van der Waals surface area (Å²) < 4.78 is 0. The van der Waals surface area contributed by atoms with Crippen molar-refractivity contribution in [2.24, 2.45) is 11.8 Å². The highest BCUT2D eigenvalue weighted by atomic mass is 16.2. The van der Waals surface area contributed by atoms with Crippen LogP contribution in [0.5, 0.6) is 0 Å². The number of carbonyl (C=O) groups is 2. The summed E-state index contributed by atoms with van der Waals surface area (Å²) in [4.78, 5) is 23.3. The molecule has 1 saturated carbocycles. The van der Waals surface area contributed by atoms with E-state index in [0.29, 0.717) is 6.54 Å². The van der Waals surface area contributed by atoms with Gasteiger partial charge in [0.15, 0.2) is 0 Å². The zero-order chi connectivity index (χ0) is 11.1. The van der Waals surface area contributed by atoms with Crippen molar-refractivity contribution in [3.05, 3.63) is 35.9 Å². The molecule has 4 nitrogen and oxygen atoms in total. The van der Waals surface area contributed by atoms with Gasteiger partial charge < -0.3 is 0 Å². The number of hydrazine groups is 1. The van der Waals surface area contributed by atoms with Crippen LogP contribution >= 0.6 is 0 Å². The maximum atomic E-state index is 11.8. The van der Waals surface area contributed by atoms with Gasteiger partial charge in [0, 0.05) is 0 Å². The Labute approximate surface area is 93.2 Å². The molecule has 0 radical (unpaired) electrons. The van der Waals surface area contributed by atoms with Crippen molar-refractivity contribution in [2.75, 3.05) is 0 Å². The molecule has 2 unspecified atom stereocenters. The lowest BCUT2D eigenvalue weighted by Crippen LogP contribution is -2.51. The van der Waals surface area contributed by atoms with Crippen molar-refractivity contribution in [3.8, 4) is 0 Å². The summed E-state index contributed by atoms with van der Waals surface area (Å²) in [5.41, 5.74) is 3.67. The smallest absolute Gasteiger partial charge is 0.245 e. The summed E-state index contributed by atoms with van der Waals surface area (Å²) in [6.07, 6.45) is 0.718. The Hall–Kier alpha value is -1.84. The van der Waals surface area contributed by atoms with Crippen LogP contribution in [0.1, 0.15) is 12.0 Å². The van der Waals surface area contributed by atoms with E-state index in [1.807, 2.05) is 30.3 Å². The average Bonchev–Trinajstić information content (AvgIpc) is 3.07. The minimum atomic E-state index is -0.0579. The maximum Gasteiger partial charge on any atom is 0.245 e. The van der Waals surface area contributed by atoms with Crippen LogP contribution in [0.3, 0.4) is 0 Å². The van der Waals surface area contributed by atoms with Crippen molar-refractivity contribution in [3.63, 3.8) is 0 Å². The summed E-state index contributed by atoms with van der Waals surface area (Å²) in [5, 5.41) is 1.44. The number of benzene rings is 1. The Balaban J connectivity index is 1.75. The van der Waals surface area contributed by atoms with Crippen molar-refractivity contribution < 1.29 is 9.59 Å². The molecule has 2 atom stereocenters.